The van der Waals surface area contributed by atoms with Crippen LogP contribution in [0, 0.1) is 35.0 Å². The summed E-state index contributed by atoms with van der Waals surface area (Å²) in [6.07, 6.45) is 0.573. The molecule has 0 spiro atoms. The van der Waals surface area contributed by atoms with Crippen LogP contribution in [0.4, 0.5) is 22.0 Å². The Labute approximate surface area is 125 Å². The normalized spacial score (nSPS) is 14.4. The zero-order chi connectivity index (χ0) is 17.1. The highest BCUT2D eigenvalue weighted by molar-refractivity contribution is 7.52. The van der Waals surface area contributed by atoms with E-state index in [2.05, 4.69) is 0 Å². The molecule has 1 aromatic rings. The summed E-state index contributed by atoms with van der Waals surface area (Å²) in [6, 6.07) is 0. The maximum absolute atomic E-state index is 13.4. The Bertz CT molecular complexity index is 563. The van der Waals surface area contributed by atoms with Gasteiger partial charge in [0, 0.05) is 6.66 Å². The molecule has 9 heteroatoms. The van der Waals surface area contributed by atoms with Crippen LogP contribution in [0.25, 0.3) is 0 Å². The summed E-state index contributed by atoms with van der Waals surface area (Å²) in [5.41, 5.74) is -1.19. The molecule has 0 saturated carbocycles. The SMILES string of the molecule is CC(C)CCOP(C)(=O)OCc1c(F)c(F)c(F)c(F)c1F. The summed E-state index contributed by atoms with van der Waals surface area (Å²) in [4.78, 5) is 0. The topological polar surface area (TPSA) is 35.5 Å². The van der Waals surface area contributed by atoms with Crippen LogP contribution in [-0.4, -0.2) is 13.3 Å². The molecule has 0 amide bonds. The Balaban J connectivity index is 2.82. The van der Waals surface area contributed by atoms with E-state index in [1.807, 2.05) is 13.8 Å². The van der Waals surface area contributed by atoms with Crippen LogP contribution in [0.5, 0.6) is 0 Å². The Kier molecular flexibility index (Phi) is 6.52. The lowest BCUT2D eigenvalue weighted by Gasteiger charge is -2.16. The Morgan fingerprint density at radius 1 is 0.909 bits per heavy atom. The summed E-state index contributed by atoms with van der Waals surface area (Å²) in [6.45, 7) is 3.89. The molecule has 0 N–H and O–H groups in total. The van der Waals surface area contributed by atoms with Crippen molar-refractivity contribution < 1.29 is 35.6 Å². The van der Waals surface area contributed by atoms with Gasteiger partial charge in [-0.25, -0.2) is 22.0 Å². The number of rotatable bonds is 7. The van der Waals surface area contributed by atoms with Crippen LogP contribution >= 0.6 is 7.60 Å². The molecule has 1 atom stereocenters. The van der Waals surface area contributed by atoms with Gasteiger partial charge in [0.05, 0.1) is 18.8 Å². The van der Waals surface area contributed by atoms with Gasteiger partial charge in [0.25, 0.3) is 0 Å². The predicted octanol–water partition coefficient (Wildman–Crippen LogP) is 4.78. The molecule has 0 saturated heterocycles. The van der Waals surface area contributed by atoms with Crippen molar-refractivity contribution in [3.63, 3.8) is 0 Å². The van der Waals surface area contributed by atoms with Crippen LogP contribution in [0.15, 0.2) is 0 Å². The van der Waals surface area contributed by atoms with E-state index in [1.54, 1.807) is 0 Å². The van der Waals surface area contributed by atoms with Gasteiger partial charge in [-0.15, -0.1) is 0 Å². The fourth-order valence-electron chi connectivity index (χ4n) is 1.45. The minimum absolute atomic E-state index is 0.0859. The molecule has 0 bridgehead atoms. The minimum Gasteiger partial charge on any atom is -0.309 e. The van der Waals surface area contributed by atoms with Crippen molar-refractivity contribution in [1.82, 2.24) is 0 Å². The maximum atomic E-state index is 13.4. The van der Waals surface area contributed by atoms with Crippen molar-refractivity contribution in [2.24, 2.45) is 5.92 Å². The Hall–Kier alpha value is -0.980. The molecular weight excluding hydrogens is 330 g/mol. The van der Waals surface area contributed by atoms with E-state index in [9.17, 15) is 26.5 Å². The minimum atomic E-state index is -3.67. The van der Waals surface area contributed by atoms with E-state index in [0.717, 1.165) is 6.66 Å². The van der Waals surface area contributed by atoms with E-state index < -0.39 is 48.9 Å². The summed E-state index contributed by atoms with van der Waals surface area (Å²) in [5.74, 6) is -10.2. The monoisotopic (exact) mass is 346 g/mol. The molecule has 0 aliphatic carbocycles. The zero-order valence-electron chi connectivity index (χ0n) is 12.3. The highest BCUT2D eigenvalue weighted by atomic mass is 31.2. The van der Waals surface area contributed by atoms with Crippen LogP contribution in [0.1, 0.15) is 25.8 Å². The fraction of sp³-hybridized carbons (Fsp3) is 0.538. The highest BCUT2D eigenvalue weighted by Crippen LogP contribution is 2.45. The summed E-state index contributed by atoms with van der Waals surface area (Å²) < 4.78 is 87.2. The van der Waals surface area contributed by atoms with Crippen molar-refractivity contribution in [2.75, 3.05) is 13.3 Å². The van der Waals surface area contributed by atoms with E-state index in [1.165, 1.54) is 0 Å². The van der Waals surface area contributed by atoms with Gasteiger partial charge in [-0.3, -0.25) is 4.57 Å². The van der Waals surface area contributed by atoms with Gasteiger partial charge in [-0.2, -0.15) is 0 Å². The van der Waals surface area contributed by atoms with Crippen LogP contribution in [0.3, 0.4) is 0 Å². The summed E-state index contributed by atoms with van der Waals surface area (Å²) in [7, 11) is -3.67. The summed E-state index contributed by atoms with van der Waals surface area (Å²) >= 11 is 0. The molecule has 0 aliphatic heterocycles. The third-order valence-corrected chi connectivity index (χ3v) is 4.01. The first kappa shape index (κ1) is 19.1. The highest BCUT2D eigenvalue weighted by Gasteiger charge is 2.27. The van der Waals surface area contributed by atoms with E-state index >= 15 is 0 Å². The third kappa shape index (κ3) is 4.76. The number of benzene rings is 1. The first-order valence-electron chi connectivity index (χ1n) is 6.43. The van der Waals surface area contributed by atoms with Crippen LogP contribution in [0.2, 0.25) is 0 Å². The van der Waals surface area contributed by atoms with Crippen molar-refractivity contribution in [2.45, 2.75) is 26.9 Å². The van der Waals surface area contributed by atoms with Crippen LogP contribution < -0.4 is 0 Å². The second kappa shape index (κ2) is 7.53. The lowest BCUT2D eigenvalue weighted by molar-refractivity contribution is 0.189. The average molecular weight is 346 g/mol. The predicted molar refractivity (Wildman–Crippen MR) is 70.0 cm³/mol. The second-order valence-electron chi connectivity index (χ2n) is 5.11. The number of hydrogen-bond donors (Lipinski definition) is 0. The van der Waals surface area contributed by atoms with E-state index in [-0.39, 0.29) is 12.5 Å². The molecule has 3 nitrogen and oxygen atoms in total. The molecule has 22 heavy (non-hydrogen) atoms. The lowest BCUT2D eigenvalue weighted by atomic mass is 10.2. The third-order valence-electron chi connectivity index (χ3n) is 2.77. The van der Waals surface area contributed by atoms with Crippen LogP contribution in [-0.2, 0) is 20.2 Å². The van der Waals surface area contributed by atoms with Crippen molar-refractivity contribution in [3.05, 3.63) is 34.6 Å². The molecule has 0 fully saturated rings. The molecule has 0 radical (unpaired) electrons. The molecule has 0 aromatic heterocycles. The van der Waals surface area contributed by atoms with Gasteiger partial charge in [0.2, 0.25) is 5.82 Å². The second-order valence-corrected chi connectivity index (χ2v) is 7.17. The van der Waals surface area contributed by atoms with Gasteiger partial charge in [-0.1, -0.05) is 13.8 Å². The lowest BCUT2D eigenvalue weighted by Crippen LogP contribution is -2.08. The molecule has 0 heterocycles. The number of hydrogen-bond acceptors (Lipinski definition) is 3. The smallest absolute Gasteiger partial charge is 0.309 e. The van der Waals surface area contributed by atoms with Gasteiger partial charge in [0.1, 0.15) is 0 Å². The Morgan fingerprint density at radius 3 is 1.82 bits per heavy atom. The fourth-order valence-corrected chi connectivity index (χ4v) is 2.33. The Morgan fingerprint density at radius 2 is 1.36 bits per heavy atom. The van der Waals surface area contributed by atoms with E-state index in [0.29, 0.717) is 6.42 Å². The average Bonchev–Trinajstić information content (AvgIpc) is 2.42. The molecule has 1 aromatic carbocycles. The molecule has 126 valence electrons. The largest absolute Gasteiger partial charge is 0.327 e. The molecular formula is C13H16F5O3P. The van der Waals surface area contributed by atoms with Crippen molar-refractivity contribution in [3.8, 4) is 0 Å². The maximum Gasteiger partial charge on any atom is 0.327 e. The number of halogens is 5. The van der Waals surface area contributed by atoms with Gasteiger partial charge in [0.15, 0.2) is 23.3 Å². The summed E-state index contributed by atoms with van der Waals surface area (Å²) in [5, 5.41) is 0. The first-order chi connectivity index (χ1) is 10.1. The van der Waals surface area contributed by atoms with Gasteiger partial charge in [-0.05, 0) is 12.3 Å². The van der Waals surface area contributed by atoms with E-state index in [4.69, 9.17) is 9.05 Å². The zero-order valence-corrected chi connectivity index (χ0v) is 13.2. The molecule has 1 rings (SSSR count). The molecule has 1 unspecified atom stereocenters. The van der Waals surface area contributed by atoms with Crippen molar-refractivity contribution in [1.29, 1.82) is 0 Å². The van der Waals surface area contributed by atoms with Gasteiger partial charge >= 0.3 is 7.60 Å². The molecule has 0 aliphatic rings. The van der Waals surface area contributed by atoms with Crippen molar-refractivity contribution >= 4 is 7.60 Å². The first-order valence-corrected chi connectivity index (χ1v) is 8.42. The van der Waals surface area contributed by atoms with Gasteiger partial charge < -0.3 is 9.05 Å². The standard InChI is InChI=1S/C13H16F5O3P/c1-7(2)4-5-20-22(3,19)21-6-8-9(14)11(16)13(18)12(17)10(8)15/h7H,4-6H2,1-3H3. The quantitative estimate of drug-likeness (QED) is 0.308.